The van der Waals surface area contributed by atoms with E-state index < -0.39 is 0 Å². The summed E-state index contributed by atoms with van der Waals surface area (Å²) in [4.78, 5) is 16.0. The molecule has 0 aromatic rings. The number of carbonyl (C=O) groups excluding carboxylic acids is 1. The Morgan fingerprint density at radius 1 is 1.47 bits per heavy atom. The Hall–Kier alpha value is -0.410. The highest BCUT2D eigenvalue weighted by atomic mass is 16.1. The molecule has 0 radical (unpaired) electrons. The first-order chi connectivity index (χ1) is 7.04. The van der Waals surface area contributed by atoms with Crippen LogP contribution >= 0.6 is 0 Å². The predicted molar refractivity (Wildman–Crippen MR) is 63.0 cm³/mol. The van der Waals surface area contributed by atoms with Crippen LogP contribution in [0.3, 0.4) is 0 Å². The van der Waals surface area contributed by atoms with Crippen LogP contribution in [0, 0.1) is 0 Å². The molecule has 0 aliphatic carbocycles. The predicted octanol–water partition coefficient (Wildman–Crippen LogP) is 1.38. The summed E-state index contributed by atoms with van der Waals surface area (Å²) in [5, 5.41) is 0. The van der Waals surface area contributed by atoms with Gasteiger partial charge in [0.05, 0.1) is 0 Å². The van der Waals surface area contributed by atoms with Gasteiger partial charge in [-0.3, -0.25) is 9.69 Å². The monoisotopic (exact) mass is 212 g/mol. The molecule has 88 valence electrons. The standard InChI is InChI=1S/C12H24N2O/c1-5-12-9-14(7-6-13(12)4)10(2)8-11(3)15/h10,12H,5-9H2,1-4H3. The summed E-state index contributed by atoms with van der Waals surface area (Å²) in [6, 6.07) is 1.07. The molecule has 3 nitrogen and oxygen atoms in total. The van der Waals surface area contributed by atoms with Crippen LogP contribution in [0.2, 0.25) is 0 Å². The summed E-state index contributed by atoms with van der Waals surface area (Å²) in [7, 11) is 2.20. The molecule has 0 aromatic heterocycles. The zero-order valence-corrected chi connectivity index (χ0v) is 10.5. The van der Waals surface area contributed by atoms with Crippen molar-refractivity contribution in [2.24, 2.45) is 0 Å². The van der Waals surface area contributed by atoms with Crippen molar-refractivity contribution in [1.82, 2.24) is 9.80 Å². The Kier molecular flexibility index (Phi) is 4.74. The highest BCUT2D eigenvalue weighted by Crippen LogP contribution is 2.14. The number of piperazine rings is 1. The lowest BCUT2D eigenvalue weighted by atomic mass is 10.1. The molecular weight excluding hydrogens is 188 g/mol. The Balaban J connectivity index is 2.46. The van der Waals surface area contributed by atoms with Crippen LogP contribution in [0.1, 0.15) is 33.6 Å². The van der Waals surface area contributed by atoms with Crippen molar-refractivity contribution < 1.29 is 4.79 Å². The smallest absolute Gasteiger partial charge is 0.131 e. The third-order valence-corrected chi connectivity index (χ3v) is 3.49. The van der Waals surface area contributed by atoms with Crippen LogP contribution in [0.25, 0.3) is 0 Å². The number of carbonyl (C=O) groups is 1. The van der Waals surface area contributed by atoms with E-state index in [2.05, 4.69) is 30.7 Å². The van der Waals surface area contributed by atoms with Gasteiger partial charge >= 0.3 is 0 Å². The van der Waals surface area contributed by atoms with Crippen LogP contribution in [0.5, 0.6) is 0 Å². The lowest BCUT2D eigenvalue weighted by Crippen LogP contribution is -2.53. The molecule has 2 atom stereocenters. The van der Waals surface area contributed by atoms with Crippen molar-refractivity contribution in [3.05, 3.63) is 0 Å². The lowest BCUT2D eigenvalue weighted by Gasteiger charge is -2.41. The zero-order chi connectivity index (χ0) is 11.4. The van der Waals surface area contributed by atoms with Gasteiger partial charge in [-0.25, -0.2) is 0 Å². The fraction of sp³-hybridized carbons (Fsp3) is 0.917. The van der Waals surface area contributed by atoms with Gasteiger partial charge in [-0.1, -0.05) is 6.92 Å². The maximum absolute atomic E-state index is 11.1. The molecule has 0 N–H and O–H groups in total. The minimum absolute atomic E-state index is 0.300. The van der Waals surface area contributed by atoms with Crippen LogP contribution in [-0.2, 0) is 4.79 Å². The van der Waals surface area contributed by atoms with Gasteiger partial charge in [-0.2, -0.15) is 0 Å². The molecule has 1 aliphatic heterocycles. The minimum Gasteiger partial charge on any atom is -0.301 e. The van der Waals surface area contributed by atoms with Gasteiger partial charge in [0, 0.05) is 38.1 Å². The second kappa shape index (κ2) is 5.61. The van der Waals surface area contributed by atoms with Crippen LogP contribution in [-0.4, -0.2) is 54.3 Å². The molecule has 15 heavy (non-hydrogen) atoms. The average molecular weight is 212 g/mol. The molecular formula is C12H24N2O. The van der Waals surface area contributed by atoms with Crippen molar-refractivity contribution in [3.8, 4) is 0 Å². The second-order valence-electron chi connectivity index (χ2n) is 4.79. The van der Waals surface area contributed by atoms with E-state index >= 15 is 0 Å². The molecule has 0 spiro atoms. The van der Waals surface area contributed by atoms with Crippen molar-refractivity contribution in [1.29, 1.82) is 0 Å². The maximum atomic E-state index is 11.1. The molecule has 0 amide bonds. The second-order valence-corrected chi connectivity index (χ2v) is 4.79. The Morgan fingerprint density at radius 2 is 2.13 bits per heavy atom. The summed E-state index contributed by atoms with van der Waals surface area (Å²) in [6.45, 7) is 9.42. The van der Waals surface area contributed by atoms with E-state index in [1.165, 1.54) is 6.42 Å². The van der Waals surface area contributed by atoms with E-state index in [1.54, 1.807) is 6.92 Å². The van der Waals surface area contributed by atoms with Gasteiger partial charge in [0.25, 0.3) is 0 Å². The van der Waals surface area contributed by atoms with Crippen molar-refractivity contribution in [2.45, 2.75) is 45.7 Å². The van der Waals surface area contributed by atoms with E-state index in [4.69, 9.17) is 0 Å². The lowest BCUT2D eigenvalue weighted by molar-refractivity contribution is -0.118. The first-order valence-electron chi connectivity index (χ1n) is 5.98. The number of hydrogen-bond donors (Lipinski definition) is 0. The summed E-state index contributed by atoms with van der Waals surface area (Å²) in [5.41, 5.74) is 0. The molecule has 1 rings (SSSR count). The van der Waals surface area contributed by atoms with Gasteiger partial charge < -0.3 is 4.90 Å². The summed E-state index contributed by atoms with van der Waals surface area (Å²) in [6.07, 6.45) is 1.89. The average Bonchev–Trinajstić information content (AvgIpc) is 2.17. The minimum atomic E-state index is 0.300. The molecule has 0 saturated carbocycles. The molecule has 3 heteroatoms. The highest BCUT2D eigenvalue weighted by molar-refractivity contribution is 5.76. The van der Waals surface area contributed by atoms with Gasteiger partial charge in [-0.05, 0) is 27.3 Å². The van der Waals surface area contributed by atoms with Gasteiger partial charge in [0.2, 0.25) is 0 Å². The molecule has 1 saturated heterocycles. The van der Waals surface area contributed by atoms with E-state index in [9.17, 15) is 4.79 Å². The fourth-order valence-electron chi connectivity index (χ4n) is 2.36. The Labute approximate surface area is 93.4 Å². The molecule has 0 bridgehead atoms. The van der Waals surface area contributed by atoms with Crippen molar-refractivity contribution in [3.63, 3.8) is 0 Å². The molecule has 2 unspecified atom stereocenters. The first kappa shape index (κ1) is 12.7. The van der Waals surface area contributed by atoms with Gasteiger partial charge in [-0.15, -0.1) is 0 Å². The number of ketones is 1. The van der Waals surface area contributed by atoms with Crippen LogP contribution < -0.4 is 0 Å². The van der Waals surface area contributed by atoms with E-state index in [-0.39, 0.29) is 0 Å². The Morgan fingerprint density at radius 3 is 2.67 bits per heavy atom. The SMILES string of the molecule is CCC1CN(C(C)CC(C)=O)CCN1C. The van der Waals surface area contributed by atoms with Crippen molar-refractivity contribution in [2.75, 3.05) is 26.7 Å². The number of hydrogen-bond acceptors (Lipinski definition) is 3. The third-order valence-electron chi connectivity index (χ3n) is 3.49. The van der Waals surface area contributed by atoms with Gasteiger partial charge in [0.1, 0.15) is 5.78 Å². The number of nitrogens with zero attached hydrogens (tertiary/aromatic N) is 2. The van der Waals surface area contributed by atoms with Crippen LogP contribution in [0.15, 0.2) is 0 Å². The van der Waals surface area contributed by atoms with Crippen LogP contribution in [0.4, 0.5) is 0 Å². The van der Waals surface area contributed by atoms with E-state index in [1.807, 2.05) is 0 Å². The number of rotatable bonds is 4. The largest absolute Gasteiger partial charge is 0.301 e. The third kappa shape index (κ3) is 3.58. The highest BCUT2D eigenvalue weighted by Gasteiger charge is 2.26. The first-order valence-corrected chi connectivity index (χ1v) is 5.98. The molecule has 0 aromatic carbocycles. The van der Waals surface area contributed by atoms with E-state index in [0.29, 0.717) is 24.3 Å². The zero-order valence-electron chi connectivity index (χ0n) is 10.5. The maximum Gasteiger partial charge on any atom is 0.131 e. The van der Waals surface area contributed by atoms with E-state index in [0.717, 1.165) is 19.6 Å². The topological polar surface area (TPSA) is 23.6 Å². The summed E-state index contributed by atoms with van der Waals surface area (Å²) < 4.78 is 0. The quantitative estimate of drug-likeness (QED) is 0.703. The van der Waals surface area contributed by atoms with Crippen molar-refractivity contribution >= 4 is 5.78 Å². The van der Waals surface area contributed by atoms with Gasteiger partial charge in [0.15, 0.2) is 0 Å². The number of Topliss-reactive ketones (excluding diaryl/α,β-unsaturated/α-hetero) is 1. The fourth-order valence-corrected chi connectivity index (χ4v) is 2.36. The summed E-state index contributed by atoms with van der Waals surface area (Å²) >= 11 is 0. The molecule has 1 fully saturated rings. The number of likely N-dealkylation sites (N-methyl/N-ethyl adjacent to an activating group) is 1. The Bertz CT molecular complexity index is 218. The summed E-state index contributed by atoms with van der Waals surface area (Å²) in [5.74, 6) is 0.300. The molecule has 1 aliphatic rings. The molecule has 1 heterocycles. The normalized spacial score (nSPS) is 26.5.